The van der Waals surface area contributed by atoms with Crippen LogP contribution in [0.1, 0.15) is 70.0 Å². The number of rotatable bonds is 10. The minimum atomic E-state index is -2.44. The number of carbonyl (C=O) groups excluding carboxylic acids is 4. The van der Waals surface area contributed by atoms with Crippen molar-refractivity contribution in [2.75, 3.05) is 14.2 Å². The van der Waals surface area contributed by atoms with Gasteiger partial charge in [0.1, 0.15) is 44.4 Å². The van der Waals surface area contributed by atoms with Crippen molar-refractivity contribution in [2.24, 2.45) is 0 Å². The molecule has 0 aliphatic heterocycles. The lowest BCUT2D eigenvalue weighted by molar-refractivity contribution is -0.150. The zero-order chi connectivity index (χ0) is 42.3. The molecule has 296 valence electrons. The maximum Gasteiger partial charge on any atom is 0.355 e. The lowest BCUT2D eigenvalue weighted by Crippen LogP contribution is -2.44. The third-order valence-electron chi connectivity index (χ3n) is 10.1. The summed E-state index contributed by atoms with van der Waals surface area (Å²) in [7, 11) is 2.52. The number of hydrogen-bond donors (Lipinski definition) is 3. The zero-order valence-electron chi connectivity index (χ0n) is 32.5. The van der Waals surface area contributed by atoms with Gasteiger partial charge in [-0.3, -0.25) is 4.79 Å². The summed E-state index contributed by atoms with van der Waals surface area (Å²) < 4.78 is 27.9. The number of ether oxygens (including phenoxy) is 5. The first kappa shape index (κ1) is 41.9. The van der Waals surface area contributed by atoms with Crippen molar-refractivity contribution in [3.63, 3.8) is 0 Å². The van der Waals surface area contributed by atoms with E-state index in [0.717, 1.165) is 18.2 Å². The predicted molar refractivity (Wildman–Crippen MR) is 211 cm³/mol. The molecule has 0 heterocycles. The Morgan fingerprint density at radius 3 is 1.88 bits per heavy atom. The minimum Gasteiger partial charge on any atom is -0.506 e. The average Bonchev–Trinajstić information content (AvgIpc) is 3.17. The molecule has 1 aliphatic rings. The molecule has 0 aromatic heterocycles. The first-order valence-electron chi connectivity index (χ1n) is 17.3. The van der Waals surface area contributed by atoms with Gasteiger partial charge in [0.05, 0.1) is 25.3 Å². The maximum absolute atomic E-state index is 14.1. The summed E-state index contributed by atoms with van der Waals surface area (Å²) in [5.74, 6) is -5.63. The Kier molecular flexibility index (Phi) is 11.8. The van der Waals surface area contributed by atoms with E-state index in [1.165, 1.54) is 34.1 Å². The maximum atomic E-state index is 14.1. The highest BCUT2D eigenvalue weighted by Crippen LogP contribution is 2.47. The number of allylic oxidation sites excluding steroid dienone is 2. The van der Waals surface area contributed by atoms with E-state index in [9.17, 15) is 39.3 Å². The van der Waals surface area contributed by atoms with E-state index in [-0.39, 0.29) is 66.6 Å². The number of phenols is 1. The Labute approximate surface area is 336 Å². The fourth-order valence-electron chi connectivity index (χ4n) is 6.57. The van der Waals surface area contributed by atoms with Crippen LogP contribution in [0.3, 0.4) is 0 Å². The van der Waals surface area contributed by atoms with Gasteiger partial charge in [-0.2, -0.15) is 0 Å². The monoisotopic (exact) mass is 842 g/mol. The number of methoxy groups -OCH3 is 2. The van der Waals surface area contributed by atoms with E-state index in [2.05, 4.69) is 15.9 Å². The summed E-state index contributed by atoms with van der Waals surface area (Å²) >= 11 is 3.20. The van der Waals surface area contributed by atoms with Crippen molar-refractivity contribution in [2.45, 2.75) is 54.1 Å². The number of aliphatic hydroxyl groups is 1. The van der Waals surface area contributed by atoms with Crippen molar-refractivity contribution in [1.29, 1.82) is 0 Å². The Morgan fingerprint density at radius 1 is 0.702 bits per heavy atom. The molecular formula is C43H39BrO13. The summed E-state index contributed by atoms with van der Waals surface area (Å²) in [4.78, 5) is 65.2. The molecule has 57 heavy (non-hydrogen) atoms. The molecule has 1 atom stereocenters. The van der Waals surface area contributed by atoms with Gasteiger partial charge in [-0.15, -0.1) is 0 Å². The smallest absolute Gasteiger partial charge is 0.355 e. The number of halogens is 1. The van der Waals surface area contributed by atoms with Gasteiger partial charge >= 0.3 is 23.9 Å². The third kappa shape index (κ3) is 7.41. The highest BCUT2D eigenvalue weighted by Gasteiger charge is 2.44. The van der Waals surface area contributed by atoms with E-state index >= 15 is 0 Å². The Hall–Kier alpha value is -6.25. The third-order valence-corrected chi connectivity index (χ3v) is 10.8. The number of aromatic carboxylic acids is 1. The van der Waals surface area contributed by atoms with Crippen LogP contribution in [0.4, 0.5) is 0 Å². The van der Waals surface area contributed by atoms with Crippen molar-refractivity contribution < 1.29 is 63.0 Å². The number of ketones is 1. The largest absolute Gasteiger partial charge is 0.506 e. The van der Waals surface area contributed by atoms with Crippen LogP contribution in [-0.4, -0.2) is 64.8 Å². The first-order valence-corrected chi connectivity index (χ1v) is 18.1. The first-order chi connectivity index (χ1) is 26.8. The second-order valence-electron chi connectivity index (χ2n) is 13.4. The number of hydrogen-bond acceptors (Lipinski definition) is 12. The molecule has 0 unspecified atom stereocenters. The molecule has 3 N–H and O–H groups in total. The molecule has 0 spiro atoms. The van der Waals surface area contributed by atoms with Gasteiger partial charge in [-0.1, -0.05) is 30.3 Å². The van der Waals surface area contributed by atoms with Gasteiger partial charge in [0.15, 0.2) is 11.5 Å². The van der Waals surface area contributed by atoms with Gasteiger partial charge in [-0.25, -0.2) is 19.2 Å². The molecule has 0 saturated heterocycles. The molecule has 1 aliphatic carbocycles. The van der Waals surface area contributed by atoms with Crippen LogP contribution in [-0.2, 0) is 14.3 Å². The Morgan fingerprint density at radius 2 is 1.28 bits per heavy atom. The van der Waals surface area contributed by atoms with Crippen molar-refractivity contribution >= 4 is 45.6 Å². The van der Waals surface area contributed by atoms with Gasteiger partial charge in [0.25, 0.3) is 0 Å². The SMILES string of the molecule is COC1=CC(=O)C=C[C@]1(O)C(=O)Oc1c(C)c(C)c(C(=O)Oc2cc(C)c(C(=O)Oc3c(C)c(C)c(C(=O)O)c(OC)c3-c3ccccc3)c(C)c2C)c(O)c1Br. The summed E-state index contributed by atoms with van der Waals surface area (Å²) in [5, 5.41) is 32.3. The highest BCUT2D eigenvalue weighted by molar-refractivity contribution is 9.10. The van der Waals surface area contributed by atoms with Gasteiger partial charge in [0.2, 0.25) is 5.60 Å². The molecule has 0 fully saturated rings. The lowest BCUT2D eigenvalue weighted by Gasteiger charge is -2.27. The number of aromatic hydroxyl groups is 1. The Bertz CT molecular complexity index is 2430. The highest BCUT2D eigenvalue weighted by atomic mass is 79.9. The van der Waals surface area contributed by atoms with Crippen molar-refractivity contribution in [1.82, 2.24) is 0 Å². The second kappa shape index (κ2) is 16.1. The average molecular weight is 844 g/mol. The predicted octanol–water partition coefficient (Wildman–Crippen LogP) is 7.43. The minimum absolute atomic E-state index is 0.0341. The van der Waals surface area contributed by atoms with Crippen LogP contribution < -0.4 is 18.9 Å². The van der Waals surface area contributed by atoms with Crippen LogP contribution in [0.5, 0.6) is 28.7 Å². The fraction of sp³-hybridized carbons (Fsp3) is 0.233. The second-order valence-corrected chi connectivity index (χ2v) is 14.1. The van der Waals surface area contributed by atoms with Crippen molar-refractivity contribution in [3.05, 3.63) is 120 Å². The summed E-state index contributed by atoms with van der Waals surface area (Å²) in [6.45, 7) is 11.2. The molecular weight excluding hydrogens is 804 g/mol. The van der Waals surface area contributed by atoms with E-state index in [0.29, 0.717) is 33.4 Å². The van der Waals surface area contributed by atoms with E-state index in [4.69, 9.17) is 23.7 Å². The quantitative estimate of drug-likeness (QED) is 0.106. The zero-order valence-corrected chi connectivity index (χ0v) is 34.1. The molecule has 14 heteroatoms. The van der Waals surface area contributed by atoms with E-state index < -0.39 is 41.0 Å². The lowest BCUT2D eigenvalue weighted by atomic mass is 9.92. The van der Waals surface area contributed by atoms with Gasteiger partial charge < -0.3 is 39.0 Å². The molecule has 5 rings (SSSR count). The number of aryl methyl sites for hydroxylation is 1. The van der Waals surface area contributed by atoms with Crippen LogP contribution >= 0.6 is 15.9 Å². The van der Waals surface area contributed by atoms with Crippen LogP contribution in [0, 0.1) is 48.5 Å². The molecule has 4 aromatic carbocycles. The van der Waals surface area contributed by atoms with Crippen LogP contribution in [0.25, 0.3) is 11.1 Å². The van der Waals surface area contributed by atoms with Crippen molar-refractivity contribution in [3.8, 4) is 39.9 Å². The standard InChI is InChI=1S/C43H39BrO13/c1-19-17-28(55-41(50)31-22(4)25(7)37(34(44)35(31)46)57-42(51)43(52)16-15-27(45)18-29(43)53-8)20(2)21(3)30(19)40(49)56-36-24(6)23(5)32(39(47)48)38(54-9)33(36)26-13-11-10-12-14-26/h10-18,46,52H,1-9H3,(H,47,48)/t43-/m1/s1. The van der Waals surface area contributed by atoms with Gasteiger partial charge in [-0.05, 0) is 127 Å². The van der Waals surface area contributed by atoms with E-state index in [1.54, 1.807) is 65.0 Å². The number of esters is 3. The topological polar surface area (TPSA) is 192 Å². The van der Waals surface area contributed by atoms with Crippen LogP contribution in [0.15, 0.2) is 64.9 Å². The molecule has 0 radical (unpaired) electrons. The molecule has 0 bridgehead atoms. The number of carbonyl (C=O) groups is 5. The summed E-state index contributed by atoms with van der Waals surface area (Å²) in [6, 6.07) is 10.3. The summed E-state index contributed by atoms with van der Waals surface area (Å²) in [6.07, 6.45) is 2.85. The number of carboxylic acid groups (broad SMARTS) is 1. The van der Waals surface area contributed by atoms with Gasteiger partial charge in [0, 0.05) is 6.08 Å². The Balaban J connectivity index is 1.48. The molecule has 4 aromatic rings. The number of benzene rings is 4. The van der Waals surface area contributed by atoms with Crippen LogP contribution in [0.2, 0.25) is 0 Å². The number of phenolic OH excluding ortho intramolecular Hbond substituents is 1. The normalized spacial score (nSPS) is 14.8. The fourth-order valence-corrected chi connectivity index (χ4v) is 7.15. The van der Waals surface area contributed by atoms with E-state index in [1.807, 2.05) is 0 Å². The summed E-state index contributed by atoms with van der Waals surface area (Å²) in [5.41, 5.74) is 0.686. The molecule has 0 saturated carbocycles. The number of carboxylic acids is 1. The molecule has 0 amide bonds. The molecule has 13 nitrogen and oxygen atoms in total.